The molecule has 3 nitrogen and oxygen atoms in total. The van der Waals surface area contributed by atoms with Crippen LogP contribution in [0.2, 0.25) is 0 Å². The highest BCUT2D eigenvalue weighted by Gasteiger charge is 2.15. The Morgan fingerprint density at radius 2 is 1.95 bits per heavy atom. The van der Waals surface area contributed by atoms with E-state index >= 15 is 0 Å². The number of rotatable bonds is 1. The van der Waals surface area contributed by atoms with Gasteiger partial charge in [-0.1, -0.05) is 22.4 Å². The van der Waals surface area contributed by atoms with E-state index in [1.165, 1.54) is 12.1 Å². The number of aryl methyl sites for hydroxylation is 1. The SMILES string of the molecule is O=c1[nH]c(-c2cc(F)cc(Br)c2)nc2c1CCCCC2. The normalized spacial score (nSPS) is 14.7. The Hall–Kier alpha value is -1.49. The van der Waals surface area contributed by atoms with Crippen LogP contribution in [0.1, 0.15) is 30.5 Å². The largest absolute Gasteiger partial charge is 0.306 e. The van der Waals surface area contributed by atoms with Gasteiger partial charge in [0.15, 0.2) is 0 Å². The molecule has 0 aliphatic heterocycles. The molecule has 0 fully saturated rings. The van der Waals surface area contributed by atoms with Gasteiger partial charge in [-0.3, -0.25) is 4.79 Å². The van der Waals surface area contributed by atoms with Crippen LogP contribution in [0.5, 0.6) is 0 Å². The number of nitrogens with zero attached hydrogens (tertiary/aromatic N) is 1. The summed E-state index contributed by atoms with van der Waals surface area (Å²) < 4.78 is 14.1. The lowest BCUT2D eigenvalue weighted by atomic mass is 10.1. The maximum absolute atomic E-state index is 13.5. The van der Waals surface area contributed by atoms with Crippen molar-refractivity contribution in [2.75, 3.05) is 0 Å². The maximum atomic E-state index is 13.5. The van der Waals surface area contributed by atoms with Gasteiger partial charge in [0.05, 0.1) is 5.69 Å². The fraction of sp³-hybridized carbons (Fsp3) is 0.333. The molecule has 0 atom stereocenters. The van der Waals surface area contributed by atoms with Crippen molar-refractivity contribution < 1.29 is 4.39 Å². The van der Waals surface area contributed by atoms with Crippen molar-refractivity contribution >= 4 is 15.9 Å². The number of hydrogen-bond donors (Lipinski definition) is 1. The monoisotopic (exact) mass is 336 g/mol. The molecule has 3 rings (SSSR count). The first-order valence-corrected chi connectivity index (χ1v) is 7.51. The Labute approximate surface area is 124 Å². The predicted molar refractivity (Wildman–Crippen MR) is 79.2 cm³/mol. The second kappa shape index (κ2) is 5.48. The van der Waals surface area contributed by atoms with Crippen LogP contribution in [-0.4, -0.2) is 9.97 Å². The minimum Gasteiger partial charge on any atom is -0.306 e. The van der Waals surface area contributed by atoms with Gasteiger partial charge in [0.1, 0.15) is 11.6 Å². The van der Waals surface area contributed by atoms with E-state index in [9.17, 15) is 9.18 Å². The molecule has 0 saturated heterocycles. The predicted octanol–water partition coefficient (Wildman–Crippen LogP) is 3.61. The quantitative estimate of drug-likeness (QED) is 0.808. The number of nitrogens with one attached hydrogen (secondary N) is 1. The molecule has 1 aliphatic rings. The second-order valence-corrected chi connectivity index (χ2v) is 5.97. The number of halogens is 2. The number of aromatic amines is 1. The molecule has 104 valence electrons. The van der Waals surface area contributed by atoms with Crippen LogP contribution >= 0.6 is 15.9 Å². The molecule has 0 radical (unpaired) electrons. The molecular formula is C15H14BrFN2O. The van der Waals surface area contributed by atoms with Crippen LogP contribution in [0.4, 0.5) is 4.39 Å². The molecule has 0 amide bonds. The average Bonchev–Trinajstić information content (AvgIpc) is 2.63. The highest BCUT2D eigenvalue weighted by Crippen LogP contribution is 2.23. The molecule has 1 N–H and O–H groups in total. The van der Waals surface area contributed by atoms with E-state index in [1.807, 2.05) is 0 Å². The lowest BCUT2D eigenvalue weighted by molar-refractivity contribution is 0.627. The second-order valence-electron chi connectivity index (χ2n) is 5.06. The molecule has 2 aromatic rings. The van der Waals surface area contributed by atoms with E-state index < -0.39 is 0 Å². The van der Waals surface area contributed by atoms with E-state index in [0.717, 1.165) is 43.4 Å². The zero-order chi connectivity index (χ0) is 14.1. The summed E-state index contributed by atoms with van der Waals surface area (Å²) in [6, 6.07) is 4.52. The molecule has 5 heteroatoms. The van der Waals surface area contributed by atoms with Gasteiger partial charge in [-0.2, -0.15) is 0 Å². The van der Waals surface area contributed by atoms with Crippen LogP contribution in [0.3, 0.4) is 0 Å². The third-order valence-electron chi connectivity index (χ3n) is 3.58. The lowest BCUT2D eigenvalue weighted by Crippen LogP contribution is -2.18. The highest BCUT2D eigenvalue weighted by molar-refractivity contribution is 9.10. The molecule has 0 unspecified atom stereocenters. The van der Waals surface area contributed by atoms with Crippen LogP contribution in [0.25, 0.3) is 11.4 Å². The minimum atomic E-state index is -0.355. The summed E-state index contributed by atoms with van der Waals surface area (Å²) in [5.74, 6) is 0.0859. The van der Waals surface area contributed by atoms with E-state index in [-0.39, 0.29) is 11.4 Å². The van der Waals surface area contributed by atoms with Crippen LogP contribution in [-0.2, 0) is 12.8 Å². The van der Waals surface area contributed by atoms with Gasteiger partial charge in [0.25, 0.3) is 5.56 Å². The smallest absolute Gasteiger partial charge is 0.254 e. The minimum absolute atomic E-state index is 0.0905. The van der Waals surface area contributed by atoms with Crippen molar-refractivity contribution in [3.05, 3.63) is 50.1 Å². The van der Waals surface area contributed by atoms with E-state index in [1.54, 1.807) is 6.07 Å². The fourth-order valence-electron chi connectivity index (χ4n) is 2.61. The average molecular weight is 337 g/mol. The van der Waals surface area contributed by atoms with Crippen molar-refractivity contribution in [3.8, 4) is 11.4 Å². The third kappa shape index (κ3) is 2.68. The maximum Gasteiger partial charge on any atom is 0.254 e. The Morgan fingerprint density at radius 3 is 2.75 bits per heavy atom. The van der Waals surface area contributed by atoms with Gasteiger partial charge in [-0.05, 0) is 43.9 Å². The third-order valence-corrected chi connectivity index (χ3v) is 4.04. The Bertz CT molecular complexity index is 691. The summed E-state index contributed by atoms with van der Waals surface area (Å²) in [4.78, 5) is 19.5. The van der Waals surface area contributed by atoms with E-state index in [4.69, 9.17) is 0 Å². The summed E-state index contributed by atoms with van der Waals surface area (Å²) in [6.45, 7) is 0. The lowest BCUT2D eigenvalue weighted by Gasteiger charge is -2.08. The van der Waals surface area contributed by atoms with Gasteiger partial charge in [0, 0.05) is 15.6 Å². The molecule has 20 heavy (non-hydrogen) atoms. The summed E-state index contributed by atoms with van der Waals surface area (Å²) in [6.07, 6.45) is 4.81. The molecule has 0 saturated carbocycles. The van der Waals surface area contributed by atoms with E-state index in [2.05, 4.69) is 25.9 Å². The van der Waals surface area contributed by atoms with E-state index in [0.29, 0.717) is 15.9 Å². The van der Waals surface area contributed by atoms with Crippen LogP contribution in [0.15, 0.2) is 27.5 Å². The topological polar surface area (TPSA) is 45.8 Å². The van der Waals surface area contributed by atoms with Crippen molar-refractivity contribution in [3.63, 3.8) is 0 Å². The number of hydrogen-bond acceptors (Lipinski definition) is 2. The van der Waals surface area contributed by atoms with Gasteiger partial charge >= 0.3 is 0 Å². The van der Waals surface area contributed by atoms with Gasteiger partial charge in [-0.15, -0.1) is 0 Å². The van der Waals surface area contributed by atoms with Gasteiger partial charge in [-0.25, -0.2) is 9.37 Å². The molecule has 1 aromatic heterocycles. The zero-order valence-electron chi connectivity index (χ0n) is 10.9. The fourth-order valence-corrected chi connectivity index (χ4v) is 3.07. The number of H-pyrrole nitrogens is 1. The summed E-state index contributed by atoms with van der Waals surface area (Å²) in [5, 5.41) is 0. The Kier molecular flexibility index (Phi) is 3.70. The van der Waals surface area contributed by atoms with Crippen LogP contribution in [0, 0.1) is 5.82 Å². The highest BCUT2D eigenvalue weighted by atomic mass is 79.9. The molecule has 1 heterocycles. The first kappa shape index (κ1) is 13.5. The van der Waals surface area contributed by atoms with Crippen molar-refractivity contribution in [2.24, 2.45) is 0 Å². The standard InChI is InChI=1S/C15H14BrFN2O/c16-10-6-9(7-11(17)8-10)14-18-13-5-3-1-2-4-12(13)15(20)19-14/h6-8H,1-5H2,(H,18,19,20). The summed E-state index contributed by atoms with van der Waals surface area (Å²) in [5.41, 5.74) is 2.15. The molecular weight excluding hydrogens is 323 g/mol. The Balaban J connectivity index is 2.13. The van der Waals surface area contributed by atoms with Crippen molar-refractivity contribution in [1.82, 2.24) is 9.97 Å². The first-order chi connectivity index (χ1) is 9.63. The number of fused-ring (bicyclic) bond motifs is 1. The Morgan fingerprint density at radius 1 is 1.15 bits per heavy atom. The van der Waals surface area contributed by atoms with Gasteiger partial charge in [0.2, 0.25) is 0 Å². The zero-order valence-corrected chi connectivity index (χ0v) is 12.5. The summed E-state index contributed by atoms with van der Waals surface area (Å²) in [7, 11) is 0. The molecule has 0 bridgehead atoms. The number of aromatic nitrogens is 2. The molecule has 1 aromatic carbocycles. The van der Waals surface area contributed by atoms with Crippen LogP contribution < -0.4 is 5.56 Å². The molecule has 1 aliphatic carbocycles. The first-order valence-electron chi connectivity index (χ1n) is 6.72. The summed E-state index contributed by atoms with van der Waals surface area (Å²) >= 11 is 3.26. The molecule has 0 spiro atoms. The van der Waals surface area contributed by atoms with Crippen molar-refractivity contribution in [1.29, 1.82) is 0 Å². The van der Waals surface area contributed by atoms with Gasteiger partial charge < -0.3 is 4.98 Å². The van der Waals surface area contributed by atoms with Crippen molar-refractivity contribution in [2.45, 2.75) is 32.1 Å². The number of benzene rings is 1.